The van der Waals surface area contributed by atoms with Crippen LogP contribution in [0.25, 0.3) is 0 Å². The third-order valence-electron chi connectivity index (χ3n) is 2.76. The molecule has 19 heavy (non-hydrogen) atoms. The molecular formula is C13H19BF3KO. The molecule has 1 nitrogen and oxygen atoms in total. The van der Waals surface area contributed by atoms with Crippen molar-refractivity contribution in [3.8, 4) is 5.75 Å². The van der Waals surface area contributed by atoms with E-state index in [-0.39, 0.29) is 51.4 Å². The molecule has 0 aromatic heterocycles. The van der Waals surface area contributed by atoms with Gasteiger partial charge in [0.05, 0.1) is 6.61 Å². The summed E-state index contributed by atoms with van der Waals surface area (Å²) in [5, 5.41) is 0. The van der Waals surface area contributed by atoms with Gasteiger partial charge in [-0.15, -0.1) is 5.46 Å². The number of hydrogen-bond donors (Lipinski definition) is 0. The Kier molecular flexibility index (Phi) is 8.96. The second-order valence-electron chi connectivity index (χ2n) is 4.98. The van der Waals surface area contributed by atoms with Crippen LogP contribution in [0.4, 0.5) is 12.9 Å². The number of halogens is 3. The molecule has 0 aliphatic heterocycles. The molecule has 0 aliphatic carbocycles. The summed E-state index contributed by atoms with van der Waals surface area (Å²) in [6.45, 7) is 1.53. The molecular weight excluding hydrogens is 279 g/mol. The largest absolute Gasteiger partial charge is 1.00 e. The average molecular weight is 298 g/mol. The SMILES string of the molecule is Cc1cc([B-](F)(F)F)ccc1OCCCC(C)C.[K+]. The van der Waals surface area contributed by atoms with Crippen LogP contribution in [0.3, 0.4) is 0 Å². The van der Waals surface area contributed by atoms with Crippen LogP contribution in [0.1, 0.15) is 32.3 Å². The number of aryl methyl sites for hydroxylation is 1. The summed E-state index contributed by atoms with van der Waals surface area (Å²) in [6.07, 6.45) is 1.98. The first kappa shape index (κ1) is 19.5. The van der Waals surface area contributed by atoms with Gasteiger partial charge in [0, 0.05) is 0 Å². The van der Waals surface area contributed by atoms with Gasteiger partial charge in [-0.2, -0.15) is 0 Å². The van der Waals surface area contributed by atoms with Gasteiger partial charge >= 0.3 is 58.4 Å². The fraction of sp³-hybridized carbons (Fsp3) is 0.538. The molecule has 0 amide bonds. The third kappa shape index (κ3) is 7.18. The Hall–Kier alpha value is 0.511. The summed E-state index contributed by atoms with van der Waals surface area (Å²) in [5.74, 6) is 1.16. The van der Waals surface area contributed by atoms with E-state index in [4.69, 9.17) is 4.74 Å². The summed E-state index contributed by atoms with van der Waals surface area (Å²) < 4.78 is 43.0. The number of benzene rings is 1. The van der Waals surface area contributed by atoms with Gasteiger partial charge in [0.2, 0.25) is 0 Å². The normalized spacial score (nSPS) is 11.3. The fourth-order valence-electron chi connectivity index (χ4n) is 1.71. The smallest absolute Gasteiger partial charge is 0.493 e. The van der Waals surface area contributed by atoms with Gasteiger partial charge in [0.15, 0.2) is 0 Å². The van der Waals surface area contributed by atoms with E-state index < -0.39 is 12.4 Å². The van der Waals surface area contributed by atoms with E-state index in [1.807, 2.05) is 0 Å². The summed E-state index contributed by atoms with van der Waals surface area (Å²) in [7, 11) is 0. The Morgan fingerprint density at radius 1 is 1.21 bits per heavy atom. The molecule has 0 aliphatic rings. The molecule has 6 heteroatoms. The van der Waals surface area contributed by atoms with Crippen molar-refractivity contribution in [2.24, 2.45) is 5.92 Å². The van der Waals surface area contributed by atoms with E-state index in [2.05, 4.69) is 13.8 Å². The van der Waals surface area contributed by atoms with Gasteiger partial charge in [-0.25, -0.2) is 0 Å². The predicted molar refractivity (Wildman–Crippen MR) is 69.5 cm³/mol. The van der Waals surface area contributed by atoms with E-state index in [1.165, 1.54) is 6.07 Å². The second-order valence-corrected chi connectivity index (χ2v) is 4.98. The molecule has 0 N–H and O–H groups in total. The van der Waals surface area contributed by atoms with Gasteiger partial charge in [-0.3, -0.25) is 0 Å². The Bertz CT molecular complexity index is 394. The van der Waals surface area contributed by atoms with E-state index in [9.17, 15) is 12.9 Å². The van der Waals surface area contributed by atoms with Crippen LogP contribution in [0, 0.1) is 12.8 Å². The Balaban J connectivity index is 0.00000324. The van der Waals surface area contributed by atoms with Crippen molar-refractivity contribution in [2.45, 2.75) is 33.6 Å². The van der Waals surface area contributed by atoms with Crippen LogP contribution < -0.4 is 61.6 Å². The molecule has 0 radical (unpaired) electrons. The van der Waals surface area contributed by atoms with Crippen LogP contribution in [-0.4, -0.2) is 13.6 Å². The van der Waals surface area contributed by atoms with Crippen molar-refractivity contribution >= 4 is 12.4 Å². The van der Waals surface area contributed by atoms with Crippen molar-refractivity contribution in [2.75, 3.05) is 6.61 Å². The average Bonchev–Trinajstić information content (AvgIpc) is 2.24. The van der Waals surface area contributed by atoms with Crippen molar-refractivity contribution in [1.82, 2.24) is 0 Å². The zero-order valence-electron chi connectivity index (χ0n) is 12.1. The minimum Gasteiger partial charge on any atom is -0.493 e. The van der Waals surface area contributed by atoms with E-state index in [0.29, 0.717) is 23.8 Å². The summed E-state index contributed by atoms with van der Waals surface area (Å²) in [4.78, 5) is 0. The summed E-state index contributed by atoms with van der Waals surface area (Å²) >= 11 is 0. The fourth-order valence-corrected chi connectivity index (χ4v) is 1.71. The molecule has 0 heterocycles. The van der Waals surface area contributed by atoms with Gasteiger partial charge in [0.25, 0.3) is 0 Å². The minimum atomic E-state index is -4.92. The summed E-state index contributed by atoms with van der Waals surface area (Å²) in [6, 6.07) is 3.65. The Morgan fingerprint density at radius 3 is 2.32 bits per heavy atom. The standard InChI is InChI=1S/C13H19BF3O.K/c1-10(2)5-4-8-18-13-7-6-12(9-11(13)3)14(15,16)17;/h6-7,9-10H,4-5,8H2,1-3H3;/q-1;+1. The van der Waals surface area contributed by atoms with Gasteiger partial charge in [0.1, 0.15) is 5.75 Å². The Morgan fingerprint density at radius 2 is 1.84 bits per heavy atom. The molecule has 1 aromatic carbocycles. The Labute approximate surface area is 155 Å². The first-order valence-corrected chi connectivity index (χ1v) is 6.24. The van der Waals surface area contributed by atoms with Crippen molar-refractivity contribution < 1.29 is 69.1 Å². The minimum absolute atomic E-state index is 0. The topological polar surface area (TPSA) is 9.23 Å². The first-order chi connectivity index (χ1) is 8.30. The van der Waals surface area contributed by atoms with Crippen LogP contribution in [0.5, 0.6) is 5.75 Å². The molecule has 0 unspecified atom stereocenters. The van der Waals surface area contributed by atoms with E-state index in [1.54, 1.807) is 6.92 Å². The van der Waals surface area contributed by atoms with Crippen molar-refractivity contribution in [3.05, 3.63) is 23.8 Å². The molecule has 1 aromatic rings. The number of rotatable bonds is 6. The van der Waals surface area contributed by atoms with Crippen molar-refractivity contribution in [3.63, 3.8) is 0 Å². The summed E-state index contributed by atoms with van der Waals surface area (Å²) in [5.41, 5.74) is -0.0294. The molecule has 0 bridgehead atoms. The molecule has 1 rings (SSSR count). The number of hydrogen-bond acceptors (Lipinski definition) is 1. The van der Waals surface area contributed by atoms with Gasteiger partial charge in [-0.1, -0.05) is 26.0 Å². The van der Waals surface area contributed by atoms with Gasteiger partial charge < -0.3 is 17.7 Å². The molecule has 102 valence electrons. The first-order valence-electron chi connectivity index (χ1n) is 6.24. The molecule has 0 spiro atoms. The molecule has 0 saturated carbocycles. The van der Waals surface area contributed by atoms with Crippen LogP contribution in [0.2, 0.25) is 0 Å². The maximum atomic E-state index is 12.5. The molecule has 0 saturated heterocycles. The molecule has 0 atom stereocenters. The second kappa shape index (κ2) is 8.72. The van der Waals surface area contributed by atoms with Gasteiger partial charge in [-0.05, 0) is 37.3 Å². The molecule has 0 fully saturated rings. The van der Waals surface area contributed by atoms with Crippen molar-refractivity contribution in [1.29, 1.82) is 0 Å². The van der Waals surface area contributed by atoms with E-state index in [0.717, 1.165) is 25.0 Å². The third-order valence-corrected chi connectivity index (χ3v) is 2.76. The monoisotopic (exact) mass is 298 g/mol. The zero-order valence-corrected chi connectivity index (χ0v) is 15.2. The van der Waals surface area contributed by atoms with E-state index >= 15 is 0 Å². The zero-order chi connectivity index (χ0) is 13.8. The van der Waals surface area contributed by atoms with Crippen LogP contribution in [0.15, 0.2) is 18.2 Å². The maximum absolute atomic E-state index is 12.5. The quantitative estimate of drug-likeness (QED) is 0.559. The van der Waals surface area contributed by atoms with Crippen LogP contribution >= 0.6 is 0 Å². The number of ether oxygens (including phenoxy) is 1. The predicted octanol–water partition coefficient (Wildman–Crippen LogP) is 0.868. The maximum Gasteiger partial charge on any atom is 1.00 e. The van der Waals surface area contributed by atoms with Crippen LogP contribution in [-0.2, 0) is 0 Å².